The second-order valence-corrected chi connectivity index (χ2v) is 4.99. The van der Waals surface area contributed by atoms with E-state index in [1.54, 1.807) is 30.0 Å². The van der Waals surface area contributed by atoms with E-state index in [9.17, 15) is 9.59 Å². The van der Waals surface area contributed by atoms with Crippen LogP contribution >= 0.6 is 11.8 Å². The van der Waals surface area contributed by atoms with E-state index in [0.717, 1.165) is 10.6 Å². The molecule has 2 N–H and O–H groups in total. The fraction of sp³-hybridized carbons (Fsp3) is 0.231. The summed E-state index contributed by atoms with van der Waals surface area (Å²) in [6.07, 6.45) is 2.12. The number of carbonyl (C=O) groups is 2. The molecule has 0 radical (unpaired) electrons. The number of benzene rings is 1. The molecule has 94 valence electrons. The first kappa shape index (κ1) is 12.7. The third kappa shape index (κ3) is 2.92. The highest BCUT2D eigenvalue weighted by atomic mass is 32.2. The molecule has 2 amide bonds. The molecule has 0 aliphatic carbocycles. The van der Waals surface area contributed by atoms with Crippen molar-refractivity contribution in [2.24, 2.45) is 0 Å². The van der Waals surface area contributed by atoms with Gasteiger partial charge < -0.3 is 10.6 Å². The molecule has 0 spiro atoms. The molecule has 4 nitrogen and oxygen atoms in total. The van der Waals surface area contributed by atoms with Crippen LogP contribution in [0.5, 0.6) is 0 Å². The minimum Gasteiger partial charge on any atom is -0.349 e. The van der Waals surface area contributed by atoms with Crippen molar-refractivity contribution in [3.63, 3.8) is 0 Å². The summed E-state index contributed by atoms with van der Waals surface area (Å²) in [5, 5.41) is 5.52. The van der Waals surface area contributed by atoms with Crippen LogP contribution in [0.2, 0.25) is 0 Å². The van der Waals surface area contributed by atoms with Gasteiger partial charge in [0.05, 0.1) is 5.69 Å². The summed E-state index contributed by atoms with van der Waals surface area (Å²) < 4.78 is 0. The van der Waals surface area contributed by atoms with E-state index in [1.807, 2.05) is 6.07 Å². The molecule has 0 aromatic heterocycles. The Morgan fingerprint density at radius 3 is 3.17 bits per heavy atom. The Morgan fingerprint density at radius 2 is 2.39 bits per heavy atom. The van der Waals surface area contributed by atoms with Crippen LogP contribution in [-0.4, -0.2) is 24.1 Å². The van der Waals surface area contributed by atoms with Crippen molar-refractivity contribution in [2.75, 3.05) is 17.6 Å². The van der Waals surface area contributed by atoms with Gasteiger partial charge in [0.25, 0.3) is 5.91 Å². The minimum atomic E-state index is -0.166. The first-order valence-electron chi connectivity index (χ1n) is 5.66. The van der Waals surface area contributed by atoms with Crippen LogP contribution in [0.4, 0.5) is 5.69 Å². The Labute approximate surface area is 110 Å². The zero-order valence-corrected chi connectivity index (χ0v) is 10.7. The van der Waals surface area contributed by atoms with Gasteiger partial charge in [0.2, 0.25) is 5.91 Å². The number of rotatable bonds is 3. The van der Waals surface area contributed by atoms with Crippen LogP contribution < -0.4 is 10.6 Å². The summed E-state index contributed by atoms with van der Waals surface area (Å²) in [6, 6.07) is 5.35. The van der Waals surface area contributed by atoms with Gasteiger partial charge in [0.15, 0.2) is 0 Å². The maximum Gasteiger partial charge on any atom is 0.251 e. The quantitative estimate of drug-likeness (QED) is 0.820. The molecular formula is C13H14N2O2S. The van der Waals surface area contributed by atoms with Crippen LogP contribution in [0, 0.1) is 0 Å². The Bertz CT molecular complexity index is 500. The highest BCUT2D eigenvalue weighted by Crippen LogP contribution is 2.31. The van der Waals surface area contributed by atoms with Crippen LogP contribution in [0.3, 0.4) is 0 Å². The molecule has 1 aliphatic heterocycles. The Hall–Kier alpha value is -1.75. The highest BCUT2D eigenvalue weighted by molar-refractivity contribution is 7.99. The number of carbonyl (C=O) groups excluding carboxylic acids is 2. The van der Waals surface area contributed by atoms with Crippen molar-refractivity contribution in [2.45, 2.75) is 11.3 Å². The fourth-order valence-electron chi connectivity index (χ4n) is 1.63. The summed E-state index contributed by atoms with van der Waals surface area (Å²) >= 11 is 1.62. The van der Waals surface area contributed by atoms with Crippen molar-refractivity contribution in [1.82, 2.24) is 5.32 Å². The molecule has 0 saturated heterocycles. The molecule has 0 saturated carbocycles. The summed E-state index contributed by atoms with van der Waals surface area (Å²) in [4.78, 5) is 24.2. The van der Waals surface area contributed by atoms with E-state index >= 15 is 0 Å². The van der Waals surface area contributed by atoms with Crippen LogP contribution in [0.1, 0.15) is 16.8 Å². The largest absolute Gasteiger partial charge is 0.349 e. The van der Waals surface area contributed by atoms with Gasteiger partial charge in [-0.1, -0.05) is 6.08 Å². The average Bonchev–Trinajstić information content (AvgIpc) is 2.55. The maximum absolute atomic E-state index is 11.8. The third-order valence-corrected chi connectivity index (χ3v) is 3.58. The van der Waals surface area contributed by atoms with Gasteiger partial charge in [-0.05, 0) is 18.2 Å². The molecule has 1 aromatic carbocycles. The topological polar surface area (TPSA) is 58.2 Å². The van der Waals surface area contributed by atoms with Crippen molar-refractivity contribution in [1.29, 1.82) is 0 Å². The van der Waals surface area contributed by atoms with Crippen LogP contribution in [0.25, 0.3) is 0 Å². The molecule has 2 rings (SSSR count). The van der Waals surface area contributed by atoms with Crippen LogP contribution in [-0.2, 0) is 4.79 Å². The van der Waals surface area contributed by atoms with E-state index < -0.39 is 0 Å². The lowest BCUT2D eigenvalue weighted by atomic mass is 10.2. The van der Waals surface area contributed by atoms with E-state index in [2.05, 4.69) is 17.2 Å². The van der Waals surface area contributed by atoms with Crippen molar-refractivity contribution in [3.8, 4) is 0 Å². The molecule has 1 heterocycles. The molecule has 0 bridgehead atoms. The van der Waals surface area contributed by atoms with Crippen LogP contribution in [0.15, 0.2) is 35.7 Å². The van der Waals surface area contributed by atoms with Gasteiger partial charge in [0.1, 0.15) is 0 Å². The normalized spacial score (nSPS) is 14.1. The zero-order valence-electron chi connectivity index (χ0n) is 9.86. The summed E-state index contributed by atoms with van der Waals surface area (Å²) in [5.41, 5.74) is 1.26. The second-order valence-electron chi connectivity index (χ2n) is 3.86. The summed E-state index contributed by atoms with van der Waals surface area (Å²) in [6.45, 7) is 3.97. The van der Waals surface area contributed by atoms with E-state index in [1.165, 1.54) is 0 Å². The molecule has 1 aliphatic rings. The number of hydrogen-bond acceptors (Lipinski definition) is 3. The predicted octanol–water partition coefficient (Wildman–Crippen LogP) is 2.04. The maximum atomic E-state index is 11.8. The molecule has 0 fully saturated rings. The smallest absolute Gasteiger partial charge is 0.251 e. The van der Waals surface area contributed by atoms with E-state index in [4.69, 9.17) is 0 Å². The molecule has 18 heavy (non-hydrogen) atoms. The van der Waals surface area contributed by atoms with Crippen molar-refractivity contribution in [3.05, 3.63) is 36.4 Å². The van der Waals surface area contributed by atoms with Gasteiger partial charge in [-0.3, -0.25) is 9.59 Å². The Kier molecular flexibility index (Phi) is 4.04. The molecule has 0 unspecified atom stereocenters. The molecule has 0 atom stereocenters. The van der Waals surface area contributed by atoms with Gasteiger partial charge in [-0.25, -0.2) is 0 Å². The Balaban J connectivity index is 2.22. The molecule has 1 aromatic rings. The fourth-order valence-corrected chi connectivity index (χ4v) is 2.57. The number of anilines is 1. The lowest BCUT2D eigenvalue weighted by Crippen LogP contribution is -2.23. The SMILES string of the molecule is C=CCNC(=O)c1ccc2c(c1)NC(=O)CCS2. The first-order valence-corrected chi connectivity index (χ1v) is 6.65. The highest BCUT2D eigenvalue weighted by Gasteiger charge is 2.15. The average molecular weight is 262 g/mol. The predicted molar refractivity (Wildman–Crippen MR) is 72.9 cm³/mol. The Morgan fingerprint density at radius 1 is 1.56 bits per heavy atom. The van der Waals surface area contributed by atoms with Gasteiger partial charge in [0, 0.05) is 29.2 Å². The van der Waals surface area contributed by atoms with Gasteiger partial charge in [-0.15, -0.1) is 18.3 Å². The number of nitrogens with one attached hydrogen (secondary N) is 2. The van der Waals surface area contributed by atoms with E-state index in [0.29, 0.717) is 24.2 Å². The third-order valence-electron chi connectivity index (χ3n) is 2.51. The second kappa shape index (κ2) is 5.73. The van der Waals surface area contributed by atoms with Gasteiger partial charge >= 0.3 is 0 Å². The number of amides is 2. The molecule has 5 heteroatoms. The molecular weight excluding hydrogens is 248 g/mol. The first-order chi connectivity index (χ1) is 8.70. The summed E-state index contributed by atoms with van der Waals surface area (Å²) in [5.74, 6) is 0.590. The number of hydrogen-bond donors (Lipinski definition) is 2. The lowest BCUT2D eigenvalue weighted by Gasteiger charge is -2.08. The number of fused-ring (bicyclic) bond motifs is 1. The standard InChI is InChI=1S/C13H14N2O2S/c1-2-6-14-13(17)9-3-4-11-10(8-9)15-12(16)5-7-18-11/h2-4,8H,1,5-7H2,(H,14,17)(H,15,16). The van der Waals surface area contributed by atoms with Crippen molar-refractivity contribution >= 4 is 29.3 Å². The summed E-state index contributed by atoms with van der Waals surface area (Å²) in [7, 11) is 0. The zero-order chi connectivity index (χ0) is 13.0. The lowest BCUT2D eigenvalue weighted by molar-refractivity contribution is -0.115. The number of thioether (sulfide) groups is 1. The van der Waals surface area contributed by atoms with E-state index in [-0.39, 0.29) is 11.8 Å². The van der Waals surface area contributed by atoms with Gasteiger partial charge in [-0.2, -0.15) is 0 Å². The minimum absolute atomic E-state index is 0.00935. The van der Waals surface area contributed by atoms with Crippen molar-refractivity contribution < 1.29 is 9.59 Å². The monoisotopic (exact) mass is 262 g/mol.